The van der Waals surface area contributed by atoms with Gasteiger partial charge in [0, 0.05) is 57.1 Å². The lowest BCUT2D eigenvalue weighted by atomic mass is 9.81. The molecule has 0 aromatic carbocycles. The lowest BCUT2D eigenvalue weighted by molar-refractivity contribution is -0.183. The maximum Gasteiger partial charge on any atom is 0.393 e. The van der Waals surface area contributed by atoms with Crippen molar-refractivity contribution in [3.8, 4) is 0 Å². The monoisotopic (exact) mass is 636 g/mol. The second kappa shape index (κ2) is 12.3. The van der Waals surface area contributed by atoms with Crippen LogP contribution in [0.25, 0.3) is 5.65 Å². The minimum atomic E-state index is -4.42. The summed E-state index contributed by atoms with van der Waals surface area (Å²) in [5.74, 6) is -6.45. The van der Waals surface area contributed by atoms with E-state index in [4.69, 9.17) is 10.1 Å². The van der Waals surface area contributed by atoms with Crippen LogP contribution in [0.1, 0.15) is 85.4 Å². The number of hydrogen-bond donors (Lipinski definition) is 3. The van der Waals surface area contributed by atoms with E-state index in [0.29, 0.717) is 41.9 Å². The van der Waals surface area contributed by atoms with Crippen LogP contribution < -0.4 is 16.0 Å². The van der Waals surface area contributed by atoms with Gasteiger partial charge in [-0.2, -0.15) is 23.4 Å². The number of carbonyl (C=O) groups is 2. The average molecular weight is 637 g/mol. The number of aryl methyl sites for hydroxylation is 1. The van der Waals surface area contributed by atoms with Gasteiger partial charge in [-0.05, 0) is 62.6 Å². The molecule has 2 amide bonds. The largest absolute Gasteiger partial charge is 0.393 e. The molecule has 0 bridgehead atoms. The van der Waals surface area contributed by atoms with Crippen molar-refractivity contribution in [2.45, 2.75) is 95.6 Å². The molecule has 2 saturated carbocycles. The molecular weight excluding hydrogens is 599 g/mol. The van der Waals surface area contributed by atoms with Gasteiger partial charge in [-0.15, -0.1) is 0 Å². The van der Waals surface area contributed by atoms with E-state index in [1.165, 1.54) is 10.7 Å². The first-order valence-corrected chi connectivity index (χ1v) is 15.6. The summed E-state index contributed by atoms with van der Waals surface area (Å²) < 4.78 is 71.8. The third-order valence-corrected chi connectivity index (χ3v) is 9.25. The van der Waals surface area contributed by atoms with Crippen molar-refractivity contribution in [2.75, 3.05) is 6.54 Å². The summed E-state index contributed by atoms with van der Waals surface area (Å²) in [6, 6.07) is 3.04. The van der Waals surface area contributed by atoms with Crippen LogP contribution in [-0.2, 0) is 24.3 Å². The van der Waals surface area contributed by atoms with Gasteiger partial charge in [0.1, 0.15) is 5.69 Å². The highest BCUT2D eigenvalue weighted by atomic mass is 19.4. The standard InChI is InChI=1S/C30H37F5N8O2/c1-2-42-24(7-10-38-42)28(45)40-26(17-5-8-29(31,32)9-6-17)23-16-43-25(39-23)13-19(14-36-21-3-4-21)22(41-43)12-18-11-20(30(33,34)35)15-37-27(18)44/h7,10,13,16-18,20-21,26,36H,2-6,8-9,11-12,14-15H2,1H3,(H,37,44)(H,40,45)/t18-,20-,26+/m1/s1. The molecule has 45 heavy (non-hydrogen) atoms. The smallest absolute Gasteiger partial charge is 0.355 e. The van der Waals surface area contributed by atoms with Crippen LogP contribution >= 0.6 is 0 Å². The number of nitrogens with zero attached hydrogens (tertiary/aromatic N) is 5. The topological polar surface area (TPSA) is 118 Å². The normalized spacial score (nSPS) is 23.2. The van der Waals surface area contributed by atoms with Gasteiger partial charge in [0.05, 0.1) is 29.5 Å². The molecule has 0 radical (unpaired) electrons. The summed E-state index contributed by atoms with van der Waals surface area (Å²) in [4.78, 5) is 30.8. The minimum Gasteiger partial charge on any atom is -0.355 e. The Kier molecular flexibility index (Phi) is 8.57. The van der Waals surface area contributed by atoms with Gasteiger partial charge in [0.15, 0.2) is 5.65 Å². The van der Waals surface area contributed by atoms with Crippen LogP contribution in [0.15, 0.2) is 24.5 Å². The molecule has 15 heteroatoms. The highest BCUT2D eigenvalue weighted by Crippen LogP contribution is 2.41. The van der Waals surface area contributed by atoms with E-state index in [0.717, 1.165) is 18.4 Å². The first-order valence-electron chi connectivity index (χ1n) is 15.6. The van der Waals surface area contributed by atoms with E-state index in [2.05, 4.69) is 21.0 Å². The summed E-state index contributed by atoms with van der Waals surface area (Å²) in [7, 11) is 0. The predicted molar refractivity (Wildman–Crippen MR) is 152 cm³/mol. The van der Waals surface area contributed by atoms with Crippen LogP contribution in [0.4, 0.5) is 22.0 Å². The Balaban J connectivity index is 1.32. The van der Waals surface area contributed by atoms with Crippen LogP contribution in [-0.4, -0.2) is 60.9 Å². The SMILES string of the molecule is CCn1nccc1C(=O)N[C@H](c1cn2nc(C[C@H]3C[C@@H](C(F)(F)F)CNC3=O)c(CNC3CC3)cc2n1)C1CCC(F)(F)CC1. The number of amides is 2. The molecule has 3 N–H and O–H groups in total. The summed E-state index contributed by atoms with van der Waals surface area (Å²) in [5, 5.41) is 17.7. The van der Waals surface area contributed by atoms with Gasteiger partial charge in [-0.1, -0.05) is 0 Å². The number of carbonyl (C=O) groups excluding carboxylic acids is 2. The van der Waals surface area contributed by atoms with Crippen molar-refractivity contribution in [3.05, 3.63) is 47.2 Å². The van der Waals surface area contributed by atoms with Crippen molar-refractivity contribution in [2.24, 2.45) is 17.8 Å². The maximum absolute atomic E-state index is 14.1. The van der Waals surface area contributed by atoms with Crippen molar-refractivity contribution in [1.29, 1.82) is 0 Å². The van der Waals surface area contributed by atoms with Gasteiger partial charge in [0.25, 0.3) is 5.91 Å². The molecule has 3 aliphatic rings. The Labute approximate surface area is 256 Å². The van der Waals surface area contributed by atoms with Crippen LogP contribution in [0, 0.1) is 17.8 Å². The quantitative estimate of drug-likeness (QED) is 0.285. The van der Waals surface area contributed by atoms with Crippen molar-refractivity contribution in [3.63, 3.8) is 0 Å². The van der Waals surface area contributed by atoms with Crippen LogP contribution in [0.2, 0.25) is 0 Å². The lowest BCUT2D eigenvalue weighted by Gasteiger charge is -2.33. The number of rotatable bonds is 10. The molecule has 1 aliphatic heterocycles. The fraction of sp³-hybridized carbons (Fsp3) is 0.633. The van der Waals surface area contributed by atoms with Gasteiger partial charge in [-0.3, -0.25) is 14.3 Å². The Morgan fingerprint density at radius 1 is 1.20 bits per heavy atom. The van der Waals surface area contributed by atoms with Crippen molar-refractivity contribution < 1.29 is 31.5 Å². The van der Waals surface area contributed by atoms with E-state index < -0.39 is 48.3 Å². The summed E-state index contributed by atoms with van der Waals surface area (Å²) in [6.45, 7) is 2.29. The molecule has 0 spiro atoms. The zero-order valence-electron chi connectivity index (χ0n) is 24.9. The summed E-state index contributed by atoms with van der Waals surface area (Å²) in [5.41, 5.74) is 2.43. The molecule has 3 fully saturated rings. The van der Waals surface area contributed by atoms with Gasteiger partial charge >= 0.3 is 6.18 Å². The Morgan fingerprint density at radius 2 is 1.96 bits per heavy atom. The number of nitrogens with one attached hydrogen (secondary N) is 3. The first kappa shape index (κ1) is 31.4. The zero-order valence-corrected chi connectivity index (χ0v) is 24.9. The number of halogens is 5. The molecule has 4 heterocycles. The van der Waals surface area contributed by atoms with E-state index >= 15 is 0 Å². The van der Waals surface area contributed by atoms with E-state index in [1.54, 1.807) is 23.0 Å². The predicted octanol–water partition coefficient (Wildman–Crippen LogP) is 4.35. The highest BCUT2D eigenvalue weighted by molar-refractivity contribution is 5.92. The molecule has 10 nitrogen and oxygen atoms in total. The van der Waals surface area contributed by atoms with Crippen molar-refractivity contribution in [1.82, 2.24) is 40.3 Å². The third kappa shape index (κ3) is 7.12. The Bertz CT molecular complexity index is 1540. The second-order valence-electron chi connectivity index (χ2n) is 12.5. The molecule has 6 rings (SSSR count). The minimum absolute atomic E-state index is 0.0163. The van der Waals surface area contributed by atoms with Gasteiger partial charge in [-0.25, -0.2) is 18.3 Å². The number of imidazole rings is 1. The van der Waals surface area contributed by atoms with E-state index in [1.807, 2.05) is 6.92 Å². The van der Waals surface area contributed by atoms with E-state index in [-0.39, 0.29) is 44.4 Å². The summed E-state index contributed by atoms with van der Waals surface area (Å²) in [6.07, 6.45) is 0.240. The fourth-order valence-corrected chi connectivity index (χ4v) is 6.41. The van der Waals surface area contributed by atoms with Gasteiger partial charge in [0.2, 0.25) is 11.8 Å². The lowest BCUT2D eigenvalue weighted by Crippen LogP contribution is -2.47. The third-order valence-electron chi connectivity index (χ3n) is 9.25. The molecule has 3 aromatic heterocycles. The molecule has 0 unspecified atom stereocenters. The van der Waals surface area contributed by atoms with Crippen molar-refractivity contribution >= 4 is 17.5 Å². The number of fused-ring (bicyclic) bond motifs is 1. The molecule has 3 aromatic rings. The molecular formula is C30H37F5N8O2. The number of aromatic nitrogens is 5. The van der Waals surface area contributed by atoms with Gasteiger partial charge < -0.3 is 16.0 Å². The average Bonchev–Trinajstić information content (AvgIpc) is 3.53. The van der Waals surface area contributed by atoms with E-state index in [9.17, 15) is 31.5 Å². The molecule has 1 saturated heterocycles. The Hall–Kier alpha value is -3.62. The number of alkyl halides is 5. The number of hydrogen-bond acceptors (Lipinski definition) is 6. The highest BCUT2D eigenvalue weighted by Gasteiger charge is 2.45. The Morgan fingerprint density at radius 3 is 2.64 bits per heavy atom. The molecule has 3 atom stereocenters. The summed E-state index contributed by atoms with van der Waals surface area (Å²) >= 11 is 0. The van der Waals surface area contributed by atoms with Crippen LogP contribution in [0.5, 0.6) is 0 Å². The number of piperidine rings is 1. The van der Waals surface area contributed by atoms with Crippen LogP contribution in [0.3, 0.4) is 0 Å². The molecule has 244 valence electrons. The second-order valence-corrected chi connectivity index (χ2v) is 12.5. The maximum atomic E-state index is 14.1. The first-order chi connectivity index (χ1) is 21.4. The molecule has 2 aliphatic carbocycles. The zero-order chi connectivity index (χ0) is 31.9. The fourth-order valence-electron chi connectivity index (χ4n) is 6.41.